The lowest BCUT2D eigenvalue weighted by atomic mass is 10.2. The lowest BCUT2D eigenvalue weighted by Crippen LogP contribution is -2.31. The molecule has 0 radical (unpaired) electrons. The van der Waals surface area contributed by atoms with Crippen LogP contribution in [-0.4, -0.2) is 33.0 Å². The van der Waals surface area contributed by atoms with Crippen LogP contribution in [-0.2, 0) is 10.0 Å². The van der Waals surface area contributed by atoms with Crippen molar-refractivity contribution < 1.29 is 8.42 Å². The number of hydrogen-bond acceptors (Lipinski definition) is 6. The minimum atomic E-state index is -3.58. The van der Waals surface area contributed by atoms with Crippen LogP contribution < -0.4 is 15.4 Å². The van der Waals surface area contributed by atoms with E-state index in [2.05, 4.69) is 27.3 Å². The topological polar surface area (TPSA) is 83.1 Å². The second-order valence-corrected chi connectivity index (χ2v) is 7.32. The van der Waals surface area contributed by atoms with Gasteiger partial charge in [-0.1, -0.05) is 6.92 Å². The molecule has 1 heterocycles. The van der Waals surface area contributed by atoms with Crippen LogP contribution in [0.3, 0.4) is 0 Å². The molecular formula is C14H20N4O2S2. The van der Waals surface area contributed by atoms with Crippen LogP contribution in [0.2, 0.25) is 0 Å². The Bertz CT molecular complexity index is 665. The monoisotopic (exact) mass is 340 g/mol. The van der Waals surface area contributed by atoms with Gasteiger partial charge in [0.05, 0.1) is 4.90 Å². The SMILES string of the molecule is CCC(CNc1ccc(S(=O)(=O)Nc2nccs2)cc1)NC. The van der Waals surface area contributed by atoms with Crippen molar-refractivity contribution >= 4 is 32.2 Å². The van der Waals surface area contributed by atoms with Crippen molar-refractivity contribution in [2.75, 3.05) is 23.6 Å². The smallest absolute Gasteiger partial charge is 0.263 e. The highest BCUT2D eigenvalue weighted by Gasteiger charge is 2.15. The molecule has 0 aliphatic heterocycles. The summed E-state index contributed by atoms with van der Waals surface area (Å²) in [5.74, 6) is 0. The summed E-state index contributed by atoms with van der Waals surface area (Å²) in [6.45, 7) is 2.90. The fourth-order valence-electron chi connectivity index (χ4n) is 1.89. The number of anilines is 2. The van der Waals surface area contributed by atoms with E-state index in [0.29, 0.717) is 11.2 Å². The van der Waals surface area contributed by atoms with Crippen LogP contribution in [0.4, 0.5) is 10.8 Å². The minimum absolute atomic E-state index is 0.217. The largest absolute Gasteiger partial charge is 0.383 e. The molecular weight excluding hydrogens is 320 g/mol. The predicted molar refractivity (Wildman–Crippen MR) is 91.0 cm³/mol. The van der Waals surface area contributed by atoms with Gasteiger partial charge in [0.15, 0.2) is 5.13 Å². The molecule has 3 N–H and O–H groups in total. The number of sulfonamides is 1. The molecule has 0 fully saturated rings. The van der Waals surface area contributed by atoms with Crippen LogP contribution in [0.15, 0.2) is 40.7 Å². The van der Waals surface area contributed by atoms with Gasteiger partial charge in [0.1, 0.15) is 0 Å². The molecule has 0 bridgehead atoms. The zero-order valence-corrected chi connectivity index (χ0v) is 14.2. The van der Waals surface area contributed by atoms with Crippen molar-refractivity contribution in [3.8, 4) is 0 Å². The molecule has 0 aliphatic carbocycles. The van der Waals surface area contributed by atoms with Crippen LogP contribution >= 0.6 is 11.3 Å². The van der Waals surface area contributed by atoms with Gasteiger partial charge >= 0.3 is 0 Å². The Hall–Kier alpha value is -1.64. The van der Waals surface area contributed by atoms with Gasteiger partial charge in [0, 0.05) is 29.9 Å². The number of benzene rings is 1. The molecule has 1 aromatic carbocycles. The Labute approximate surface area is 135 Å². The standard InChI is InChI=1S/C14H20N4O2S2/c1-3-11(15-2)10-17-12-4-6-13(7-5-12)22(19,20)18-14-16-8-9-21-14/h4-9,11,15,17H,3,10H2,1-2H3,(H,16,18). The van der Waals surface area contributed by atoms with E-state index in [1.807, 2.05) is 7.05 Å². The zero-order chi connectivity index (χ0) is 16.0. The molecule has 0 amide bonds. The first-order chi connectivity index (χ1) is 10.5. The maximum Gasteiger partial charge on any atom is 0.263 e. The molecule has 0 spiro atoms. The number of likely N-dealkylation sites (N-methyl/N-ethyl adjacent to an activating group) is 1. The quantitative estimate of drug-likeness (QED) is 0.687. The van der Waals surface area contributed by atoms with Crippen molar-refractivity contribution in [2.45, 2.75) is 24.3 Å². The van der Waals surface area contributed by atoms with E-state index in [9.17, 15) is 8.42 Å². The zero-order valence-electron chi connectivity index (χ0n) is 12.5. The Kier molecular flexibility index (Phi) is 5.76. The maximum absolute atomic E-state index is 12.2. The first-order valence-electron chi connectivity index (χ1n) is 6.98. The average molecular weight is 340 g/mol. The van der Waals surface area contributed by atoms with Crippen molar-refractivity contribution in [1.82, 2.24) is 10.3 Å². The molecule has 2 aromatic rings. The second-order valence-electron chi connectivity index (χ2n) is 4.74. The third kappa shape index (κ3) is 4.43. The molecule has 6 nitrogen and oxygen atoms in total. The third-order valence-corrected chi connectivity index (χ3v) is 5.44. The van der Waals surface area contributed by atoms with Crippen molar-refractivity contribution in [3.63, 3.8) is 0 Å². The second kappa shape index (κ2) is 7.57. The molecule has 1 atom stereocenters. The van der Waals surface area contributed by atoms with Gasteiger partial charge < -0.3 is 10.6 Å². The van der Waals surface area contributed by atoms with E-state index in [4.69, 9.17) is 0 Å². The molecule has 2 rings (SSSR count). The van der Waals surface area contributed by atoms with E-state index in [0.717, 1.165) is 18.7 Å². The van der Waals surface area contributed by atoms with E-state index in [-0.39, 0.29) is 4.90 Å². The summed E-state index contributed by atoms with van der Waals surface area (Å²) in [5, 5.41) is 8.57. The summed E-state index contributed by atoms with van der Waals surface area (Å²) >= 11 is 1.24. The average Bonchev–Trinajstić information content (AvgIpc) is 3.01. The highest BCUT2D eigenvalue weighted by atomic mass is 32.2. The summed E-state index contributed by atoms with van der Waals surface area (Å²) in [6, 6.07) is 7.07. The number of thiazole rings is 1. The maximum atomic E-state index is 12.2. The number of aromatic nitrogens is 1. The van der Waals surface area contributed by atoms with Crippen molar-refractivity contribution in [3.05, 3.63) is 35.8 Å². The van der Waals surface area contributed by atoms with Crippen molar-refractivity contribution in [1.29, 1.82) is 0 Å². The Morgan fingerprint density at radius 2 is 2.00 bits per heavy atom. The van der Waals surface area contributed by atoms with E-state index in [1.165, 1.54) is 11.3 Å². The first kappa shape index (κ1) is 16.7. The van der Waals surface area contributed by atoms with Gasteiger partial charge in [-0.15, -0.1) is 11.3 Å². The summed E-state index contributed by atoms with van der Waals surface area (Å²) in [7, 11) is -1.66. The molecule has 1 aromatic heterocycles. The van der Waals surface area contributed by atoms with E-state index >= 15 is 0 Å². The first-order valence-corrected chi connectivity index (χ1v) is 9.35. The lowest BCUT2D eigenvalue weighted by molar-refractivity contribution is 0.569. The third-order valence-electron chi connectivity index (χ3n) is 3.27. The highest BCUT2D eigenvalue weighted by Crippen LogP contribution is 2.19. The van der Waals surface area contributed by atoms with Gasteiger partial charge in [0.25, 0.3) is 10.0 Å². The van der Waals surface area contributed by atoms with Crippen molar-refractivity contribution in [2.24, 2.45) is 0 Å². The minimum Gasteiger partial charge on any atom is -0.383 e. The molecule has 0 saturated carbocycles. The summed E-state index contributed by atoms with van der Waals surface area (Å²) < 4.78 is 26.8. The Morgan fingerprint density at radius 3 is 2.55 bits per heavy atom. The lowest BCUT2D eigenvalue weighted by Gasteiger charge is -2.15. The number of nitrogens with zero attached hydrogens (tertiary/aromatic N) is 1. The summed E-state index contributed by atoms with van der Waals surface area (Å²) in [4.78, 5) is 4.14. The molecule has 22 heavy (non-hydrogen) atoms. The van der Waals surface area contributed by atoms with Gasteiger partial charge in [-0.2, -0.15) is 0 Å². The normalized spacial score (nSPS) is 12.8. The number of rotatable bonds is 8. The van der Waals surface area contributed by atoms with E-state index in [1.54, 1.807) is 35.8 Å². The number of hydrogen-bond donors (Lipinski definition) is 3. The van der Waals surface area contributed by atoms with Crippen LogP contribution in [0.25, 0.3) is 0 Å². The Balaban J connectivity index is 2.02. The summed E-state index contributed by atoms with van der Waals surface area (Å²) in [5.41, 5.74) is 0.891. The highest BCUT2D eigenvalue weighted by molar-refractivity contribution is 7.93. The fraction of sp³-hybridized carbons (Fsp3) is 0.357. The molecule has 1 unspecified atom stereocenters. The molecule has 0 saturated heterocycles. The fourth-order valence-corrected chi connectivity index (χ4v) is 3.68. The van der Waals surface area contributed by atoms with Gasteiger partial charge in [0.2, 0.25) is 0 Å². The molecule has 0 aliphatic rings. The van der Waals surface area contributed by atoms with Gasteiger partial charge in [-0.3, -0.25) is 4.72 Å². The van der Waals surface area contributed by atoms with E-state index < -0.39 is 10.0 Å². The molecule has 120 valence electrons. The van der Waals surface area contributed by atoms with Gasteiger partial charge in [-0.25, -0.2) is 13.4 Å². The summed E-state index contributed by atoms with van der Waals surface area (Å²) in [6.07, 6.45) is 2.58. The van der Waals surface area contributed by atoms with Crippen LogP contribution in [0, 0.1) is 0 Å². The van der Waals surface area contributed by atoms with Crippen LogP contribution in [0.1, 0.15) is 13.3 Å². The predicted octanol–water partition coefficient (Wildman–Crippen LogP) is 2.35. The van der Waals surface area contributed by atoms with Gasteiger partial charge in [-0.05, 0) is 37.7 Å². The van der Waals surface area contributed by atoms with Crippen LogP contribution in [0.5, 0.6) is 0 Å². The number of nitrogens with one attached hydrogen (secondary N) is 3. The Morgan fingerprint density at radius 1 is 1.27 bits per heavy atom. The molecule has 8 heteroatoms.